The number of aliphatic hydroxyl groups is 1. The van der Waals surface area contributed by atoms with E-state index in [-0.39, 0.29) is 41.3 Å². The molecule has 2 aromatic rings. The van der Waals surface area contributed by atoms with Crippen LogP contribution in [0.4, 0.5) is 0 Å². The summed E-state index contributed by atoms with van der Waals surface area (Å²) in [6, 6.07) is 2.91. The summed E-state index contributed by atoms with van der Waals surface area (Å²) in [5.74, 6) is 0.0837. The molecule has 2 aliphatic heterocycles. The average Bonchev–Trinajstić information content (AvgIpc) is 3.31. The Hall–Kier alpha value is -2.58. The highest BCUT2D eigenvalue weighted by atomic mass is 16.7. The number of phenols is 1. The van der Waals surface area contributed by atoms with Crippen molar-refractivity contribution in [1.82, 2.24) is 0 Å². The molecule has 3 unspecified atom stereocenters. The zero-order valence-corrected chi connectivity index (χ0v) is 17.5. The quantitative estimate of drug-likeness (QED) is 0.561. The molecule has 30 heavy (non-hydrogen) atoms. The second kappa shape index (κ2) is 6.99. The number of rotatable bonds is 5. The second-order valence-corrected chi connectivity index (χ2v) is 8.58. The van der Waals surface area contributed by atoms with Crippen LogP contribution in [0.25, 0.3) is 11.0 Å². The van der Waals surface area contributed by atoms with Crippen molar-refractivity contribution >= 4 is 16.9 Å². The highest BCUT2D eigenvalue weighted by Crippen LogP contribution is 2.45. The van der Waals surface area contributed by atoms with Gasteiger partial charge >= 0.3 is 5.97 Å². The van der Waals surface area contributed by atoms with Gasteiger partial charge in [0, 0.05) is 30.7 Å². The number of phenolic OH excluding ortho intramolecular Hbond substituents is 1. The minimum atomic E-state index is -1.05. The van der Waals surface area contributed by atoms with Crippen LogP contribution in [0.5, 0.6) is 11.5 Å². The fourth-order valence-corrected chi connectivity index (χ4v) is 4.12. The number of fused-ring (bicyclic) bond motifs is 2. The summed E-state index contributed by atoms with van der Waals surface area (Å²) in [7, 11) is 0. The van der Waals surface area contributed by atoms with Gasteiger partial charge in [0.2, 0.25) is 0 Å². The first-order valence-corrected chi connectivity index (χ1v) is 10.1. The molecule has 0 amide bonds. The van der Waals surface area contributed by atoms with E-state index in [0.717, 1.165) is 0 Å². The van der Waals surface area contributed by atoms with E-state index in [0.29, 0.717) is 29.9 Å². The topological polar surface area (TPSA) is 119 Å². The molecule has 0 saturated carbocycles. The number of ether oxygens (including phenoxy) is 3. The number of hydrogen-bond acceptors (Lipinski definition) is 8. The molecule has 1 saturated heterocycles. The molecular weight excluding hydrogens is 392 g/mol. The molecule has 0 aliphatic carbocycles. The molecule has 3 atom stereocenters. The van der Waals surface area contributed by atoms with Crippen molar-refractivity contribution in [3.63, 3.8) is 0 Å². The number of benzene rings is 1. The molecule has 0 spiro atoms. The van der Waals surface area contributed by atoms with E-state index in [2.05, 4.69) is 0 Å². The first-order chi connectivity index (χ1) is 14.1. The Morgan fingerprint density at radius 2 is 2.03 bits per heavy atom. The Balaban J connectivity index is 1.67. The predicted molar refractivity (Wildman–Crippen MR) is 107 cm³/mol. The Kier molecular flexibility index (Phi) is 4.82. The Morgan fingerprint density at radius 3 is 2.67 bits per heavy atom. The molecular formula is C22H26O8. The molecule has 162 valence electrons. The molecule has 1 fully saturated rings. The number of hydrogen-bond donors (Lipinski definition) is 2. The second-order valence-electron chi connectivity index (χ2n) is 8.58. The molecule has 1 aromatic heterocycles. The van der Waals surface area contributed by atoms with Crippen LogP contribution in [0.15, 0.2) is 21.3 Å². The van der Waals surface area contributed by atoms with Crippen LogP contribution in [0, 0.1) is 6.92 Å². The van der Waals surface area contributed by atoms with Crippen molar-refractivity contribution in [2.24, 2.45) is 0 Å². The summed E-state index contributed by atoms with van der Waals surface area (Å²) in [4.78, 5) is 25.3. The van der Waals surface area contributed by atoms with E-state index >= 15 is 0 Å². The molecule has 4 rings (SSSR count). The minimum absolute atomic E-state index is 0.0421. The Morgan fingerprint density at radius 1 is 1.33 bits per heavy atom. The molecule has 3 heterocycles. The maximum absolute atomic E-state index is 12.9. The average molecular weight is 418 g/mol. The summed E-state index contributed by atoms with van der Waals surface area (Å²) in [5.41, 5.74) is -1.65. The van der Waals surface area contributed by atoms with Crippen molar-refractivity contribution in [2.75, 3.05) is 6.61 Å². The molecule has 2 aliphatic rings. The van der Waals surface area contributed by atoms with Gasteiger partial charge in [0.05, 0.1) is 6.10 Å². The number of aliphatic hydroxyl groups excluding tert-OH is 1. The minimum Gasteiger partial charge on any atom is -0.507 e. The standard InChI is InChI=1S/C22H26O8/c1-11-8-14(24)18-16(27-11)10-15-13(19(18)25)9-17(21(3,4)30-15)28-20(26)22(6-5-7-23)12(2)29-22/h8,10,12,17,23,25H,5-7,9H2,1-4H3. The first kappa shape index (κ1) is 20.7. The zero-order chi connectivity index (χ0) is 21.8. The lowest BCUT2D eigenvalue weighted by molar-refractivity contribution is -0.168. The van der Waals surface area contributed by atoms with E-state index in [1.54, 1.807) is 33.8 Å². The van der Waals surface area contributed by atoms with Crippen LogP contribution in [-0.2, 0) is 20.7 Å². The SMILES string of the molecule is Cc1cc(=O)c2c(O)c3c(cc2o1)OC(C)(C)C(OC(=O)C1(CCCO)OC1C)C3. The van der Waals surface area contributed by atoms with E-state index in [1.165, 1.54) is 6.07 Å². The predicted octanol–water partition coefficient (Wildman–Crippen LogP) is 2.36. The first-order valence-electron chi connectivity index (χ1n) is 10.1. The summed E-state index contributed by atoms with van der Waals surface area (Å²) < 4.78 is 23.0. The third kappa shape index (κ3) is 3.24. The van der Waals surface area contributed by atoms with Crippen molar-refractivity contribution in [1.29, 1.82) is 0 Å². The third-order valence-corrected chi connectivity index (χ3v) is 6.01. The normalized spacial score (nSPS) is 26.7. The lowest BCUT2D eigenvalue weighted by Crippen LogP contribution is -2.50. The van der Waals surface area contributed by atoms with Crippen LogP contribution in [0.1, 0.15) is 44.9 Å². The van der Waals surface area contributed by atoms with Gasteiger partial charge in [-0.15, -0.1) is 0 Å². The van der Waals surface area contributed by atoms with E-state index in [4.69, 9.17) is 23.7 Å². The van der Waals surface area contributed by atoms with Crippen LogP contribution >= 0.6 is 0 Å². The van der Waals surface area contributed by atoms with Crippen molar-refractivity contribution in [3.8, 4) is 11.5 Å². The number of carbonyl (C=O) groups excluding carboxylic acids is 1. The van der Waals surface area contributed by atoms with Crippen LogP contribution in [0.2, 0.25) is 0 Å². The molecule has 2 N–H and O–H groups in total. The van der Waals surface area contributed by atoms with Gasteiger partial charge in [0.15, 0.2) is 11.0 Å². The highest BCUT2D eigenvalue weighted by Gasteiger charge is 2.61. The van der Waals surface area contributed by atoms with Gasteiger partial charge in [-0.1, -0.05) is 0 Å². The number of esters is 1. The van der Waals surface area contributed by atoms with Gasteiger partial charge in [-0.05, 0) is 40.5 Å². The zero-order valence-electron chi connectivity index (χ0n) is 17.5. The summed E-state index contributed by atoms with van der Waals surface area (Å²) in [5, 5.41) is 20.0. The third-order valence-electron chi connectivity index (χ3n) is 6.01. The lowest BCUT2D eigenvalue weighted by atomic mass is 9.89. The van der Waals surface area contributed by atoms with E-state index in [1.807, 2.05) is 0 Å². The van der Waals surface area contributed by atoms with Crippen molar-refractivity contribution in [3.05, 3.63) is 33.7 Å². The van der Waals surface area contributed by atoms with Crippen molar-refractivity contribution < 1.29 is 33.6 Å². The summed E-state index contributed by atoms with van der Waals surface area (Å²) >= 11 is 0. The molecule has 1 aromatic carbocycles. The number of aromatic hydroxyl groups is 1. The smallest absolute Gasteiger partial charge is 0.341 e. The molecule has 0 radical (unpaired) electrons. The number of aryl methyl sites for hydroxylation is 1. The van der Waals surface area contributed by atoms with Gasteiger partial charge in [0.25, 0.3) is 0 Å². The number of epoxide rings is 1. The van der Waals surface area contributed by atoms with E-state index < -0.39 is 23.3 Å². The van der Waals surface area contributed by atoms with Gasteiger partial charge in [-0.2, -0.15) is 0 Å². The lowest BCUT2D eigenvalue weighted by Gasteiger charge is -2.39. The van der Waals surface area contributed by atoms with E-state index in [9.17, 15) is 14.7 Å². The molecule has 8 heteroatoms. The largest absolute Gasteiger partial charge is 0.507 e. The fraction of sp³-hybridized carbons (Fsp3) is 0.545. The van der Waals surface area contributed by atoms with Gasteiger partial charge < -0.3 is 28.8 Å². The van der Waals surface area contributed by atoms with Crippen LogP contribution < -0.4 is 10.2 Å². The maximum atomic E-state index is 12.9. The Bertz CT molecular complexity index is 1070. The highest BCUT2D eigenvalue weighted by molar-refractivity contribution is 5.87. The summed E-state index contributed by atoms with van der Waals surface area (Å²) in [6.07, 6.45) is -0.0327. The monoisotopic (exact) mass is 418 g/mol. The molecule has 0 bridgehead atoms. The van der Waals surface area contributed by atoms with Crippen molar-refractivity contribution in [2.45, 2.75) is 70.4 Å². The summed E-state index contributed by atoms with van der Waals surface area (Å²) in [6.45, 7) is 6.98. The maximum Gasteiger partial charge on any atom is 0.341 e. The van der Waals surface area contributed by atoms with Crippen LogP contribution in [0.3, 0.4) is 0 Å². The Labute approximate surface area is 173 Å². The van der Waals surface area contributed by atoms with Gasteiger partial charge in [-0.25, -0.2) is 4.79 Å². The van der Waals surface area contributed by atoms with Gasteiger partial charge in [-0.3, -0.25) is 4.79 Å². The number of carbonyl (C=O) groups is 1. The van der Waals surface area contributed by atoms with Gasteiger partial charge in [0.1, 0.15) is 39.9 Å². The molecule has 8 nitrogen and oxygen atoms in total. The fourth-order valence-electron chi connectivity index (χ4n) is 4.12. The van der Waals surface area contributed by atoms with Crippen LogP contribution in [-0.4, -0.2) is 46.2 Å².